The van der Waals surface area contributed by atoms with E-state index in [0.29, 0.717) is 51.0 Å². The number of morpholine rings is 1. The Labute approximate surface area is 681 Å². The summed E-state index contributed by atoms with van der Waals surface area (Å²) in [7, 11) is 5.28. The summed E-state index contributed by atoms with van der Waals surface area (Å²) in [5, 5.41) is 26.5. The number of halogens is 9. The van der Waals surface area contributed by atoms with E-state index in [1.54, 1.807) is 48.0 Å². The summed E-state index contributed by atoms with van der Waals surface area (Å²) in [6.45, 7) is 17.5. The summed E-state index contributed by atoms with van der Waals surface area (Å²) >= 11 is 7.44. The first-order valence-electron chi connectivity index (χ1n) is 35.3. The second-order valence-corrected chi connectivity index (χ2v) is 30.7. The molecule has 8 aromatic heterocycles. The quantitative estimate of drug-likeness (QED) is 0.0134. The van der Waals surface area contributed by atoms with Crippen molar-refractivity contribution in [1.29, 1.82) is 0 Å². The number of carbonyl (C=O) groups is 1. The van der Waals surface area contributed by atoms with Crippen LogP contribution >= 0.6 is 57.1 Å². The highest BCUT2D eigenvalue weighted by Gasteiger charge is 2.34. The minimum absolute atomic E-state index is 0.0727. The summed E-state index contributed by atoms with van der Waals surface area (Å²) in [6, 6.07) is 23.2. The van der Waals surface area contributed by atoms with Gasteiger partial charge in [-0.1, -0.05) is 6.07 Å². The second kappa shape index (κ2) is 40.3. The number of thiazole rings is 4. The zero-order valence-corrected chi connectivity index (χ0v) is 68.4. The molecule has 1 aliphatic rings. The van der Waals surface area contributed by atoms with E-state index < -0.39 is 41.2 Å². The summed E-state index contributed by atoms with van der Waals surface area (Å²) < 4.78 is 144. The van der Waals surface area contributed by atoms with Crippen LogP contribution in [0.4, 0.5) is 86.1 Å². The minimum Gasteiger partial charge on any atom is -0.497 e. The first kappa shape index (κ1) is 87.7. The Kier molecular flexibility index (Phi) is 30.5. The smallest absolute Gasteiger partial charge is 0.416 e. The lowest BCUT2D eigenvalue weighted by Crippen LogP contribution is -2.37. The molecular formula is C77H79F9N18O7S5. The van der Waals surface area contributed by atoms with Gasteiger partial charge in [-0.05, 0) is 145 Å². The van der Waals surface area contributed by atoms with E-state index in [0.717, 1.165) is 147 Å². The number of anilines is 8. The molecule has 0 bridgehead atoms. The molecule has 25 nitrogen and oxygen atoms in total. The van der Waals surface area contributed by atoms with E-state index in [-0.39, 0.29) is 58.8 Å². The number of hydrogen-bond acceptors (Lipinski definition) is 30. The highest BCUT2D eigenvalue weighted by atomic mass is 32.2. The molecule has 6 N–H and O–H groups in total. The molecule has 0 aliphatic carbocycles. The fraction of sp³-hybridized carbons (Fsp3) is 0.312. The van der Waals surface area contributed by atoms with Gasteiger partial charge in [0.05, 0.1) is 86.2 Å². The number of nitrogens with zero attached hydrogens (tertiary/aromatic N) is 13. The van der Waals surface area contributed by atoms with Gasteiger partial charge >= 0.3 is 24.5 Å². The standard InChI is InChI=1S/C22H24F3N5O2S.C20H22F3N5O2S.C18H18N4O2S2.C17H15F3N4OS/c1-14-19(4-6-30-7-9-32-10-8-30)33-20(27-14)18-3-5-26-21(29-18)28-16-11-15(22(23,24)25)12-17(13-16)31-2;1-12-17(4-5-24-7-8-29)31-18(26-12)16-3-6-25-19(28-16)27-14-9-13(20(21,22)23)10-15(11-14)30-2;1-10-7-11(2)9-12(8-10)20-18-19-6-5-13(21-18)15-22-14(16(23)24-3)17(25-4)26-15;1-9-10(2)26-15(22-9)14-4-5-21-16(24-14)23-12-6-11(17(18,19)20)7-13(8-12)25-3/h3,5,11-13H,4,6-10H2,1-2H3,(H,26,28,29);3,6,9-11,24,29H,4-5,7-8H2,1-2H3,(H,25,27,28);5-9H,1-4H3,(H,19,20,21);4-8H,1-3H3,(H,21,23,24). The lowest BCUT2D eigenvalue weighted by atomic mass is 10.1. The molecule has 9 heterocycles. The fourth-order valence-corrected chi connectivity index (χ4v) is 15.6. The van der Waals surface area contributed by atoms with Crippen LogP contribution in [0.25, 0.3) is 42.8 Å². The number of carbonyl (C=O) groups excluding carboxylic acids is 1. The molecule has 0 atom stereocenters. The van der Waals surface area contributed by atoms with Gasteiger partial charge < -0.3 is 55.4 Å². The molecule has 0 unspecified atom stereocenters. The van der Waals surface area contributed by atoms with Crippen molar-refractivity contribution in [2.24, 2.45) is 0 Å². The number of nitrogens with one attached hydrogen (secondary N) is 5. The van der Waals surface area contributed by atoms with Crippen molar-refractivity contribution in [1.82, 2.24) is 70.0 Å². The molecule has 0 radical (unpaired) electrons. The SMILES string of the molecule is COC(=O)c1nc(-c2ccnc(Nc3cc(C)cc(C)c3)n2)sc1SC.COc1cc(Nc2nccc(-c3nc(C)c(C)s3)n2)cc(C(F)(F)F)c1.COc1cc(Nc2nccc(-c3nc(C)c(CCN4CCOCC4)s3)n2)cc(C(F)(F)F)c1.COc1cc(Nc2nccc(-c3nc(C)c(CCNCCO)s3)n2)cc(C(F)(F)F)c1. The van der Waals surface area contributed by atoms with Crippen LogP contribution in [-0.2, 0) is 40.8 Å². The van der Waals surface area contributed by atoms with Crippen molar-refractivity contribution >= 4 is 110 Å². The van der Waals surface area contributed by atoms with Crippen molar-refractivity contribution in [3.8, 4) is 60.1 Å². The van der Waals surface area contributed by atoms with E-state index in [4.69, 9.17) is 28.8 Å². The van der Waals surface area contributed by atoms with E-state index in [9.17, 15) is 44.3 Å². The van der Waals surface area contributed by atoms with E-state index in [2.05, 4.69) is 97.4 Å². The average molecular weight is 1700 g/mol. The van der Waals surface area contributed by atoms with Crippen molar-refractivity contribution in [3.63, 3.8) is 0 Å². The molecule has 1 saturated heterocycles. The number of ether oxygens (including phenoxy) is 5. The van der Waals surface area contributed by atoms with E-state index in [1.165, 1.54) is 110 Å². The van der Waals surface area contributed by atoms with Crippen LogP contribution in [0.1, 0.15) is 70.0 Å². The maximum absolute atomic E-state index is 13.2. The molecule has 1 fully saturated rings. The average Bonchev–Trinajstić information content (AvgIpc) is 1.49. The van der Waals surface area contributed by atoms with Crippen molar-refractivity contribution < 1.29 is 73.1 Å². The molecule has 12 aromatic rings. The number of methoxy groups -OCH3 is 4. The maximum atomic E-state index is 13.2. The van der Waals surface area contributed by atoms with Crippen molar-refractivity contribution in [2.75, 3.05) is 109 Å². The van der Waals surface area contributed by atoms with Gasteiger partial charge in [0, 0.05) is 113 Å². The Morgan fingerprint density at radius 3 is 1.22 bits per heavy atom. The summed E-state index contributed by atoms with van der Waals surface area (Å²) in [6.07, 6.45) is -3.65. The van der Waals surface area contributed by atoms with Gasteiger partial charge in [-0.3, -0.25) is 4.90 Å². The third kappa shape index (κ3) is 24.9. The highest BCUT2D eigenvalue weighted by Crippen LogP contribution is 2.40. The van der Waals surface area contributed by atoms with Gasteiger partial charge in [-0.25, -0.2) is 64.6 Å². The van der Waals surface area contributed by atoms with E-state index >= 15 is 0 Å². The second-order valence-electron chi connectivity index (χ2n) is 25.3. The number of esters is 1. The normalized spacial score (nSPS) is 12.3. The number of aliphatic hydroxyl groups is 1. The Bertz CT molecular complexity index is 5280. The minimum atomic E-state index is -4.51. The number of thioether (sulfide) groups is 1. The van der Waals surface area contributed by atoms with Gasteiger partial charge in [0.25, 0.3) is 0 Å². The van der Waals surface area contributed by atoms with Gasteiger partial charge in [-0.15, -0.1) is 57.1 Å². The lowest BCUT2D eigenvalue weighted by molar-refractivity contribution is -0.138. The van der Waals surface area contributed by atoms with Crippen LogP contribution in [0.2, 0.25) is 0 Å². The third-order valence-corrected chi connectivity index (χ3v) is 22.5. The number of benzene rings is 4. The van der Waals surface area contributed by atoms with Crippen LogP contribution in [0, 0.1) is 41.5 Å². The molecule has 39 heteroatoms. The van der Waals surface area contributed by atoms with Crippen LogP contribution in [0.15, 0.2) is 126 Å². The lowest BCUT2D eigenvalue weighted by Gasteiger charge is -2.26. The van der Waals surface area contributed by atoms with Gasteiger partial charge in [0.1, 0.15) is 60.1 Å². The summed E-state index contributed by atoms with van der Waals surface area (Å²) in [4.78, 5) is 70.0. The maximum Gasteiger partial charge on any atom is 0.416 e. The molecule has 13 rings (SSSR count). The highest BCUT2D eigenvalue weighted by molar-refractivity contribution is 8.00. The Morgan fingerprint density at radius 2 is 0.862 bits per heavy atom. The molecule has 612 valence electrons. The van der Waals surface area contributed by atoms with E-state index in [1.807, 2.05) is 59.9 Å². The van der Waals surface area contributed by atoms with Crippen LogP contribution < -0.4 is 40.8 Å². The molecule has 0 saturated carbocycles. The Morgan fingerprint density at radius 1 is 0.483 bits per heavy atom. The Balaban J connectivity index is 0.000000164. The number of aryl methyl sites for hydroxylation is 6. The number of aliphatic hydroxyl groups excluding tert-OH is 1. The molecule has 0 spiro atoms. The van der Waals surface area contributed by atoms with Gasteiger partial charge in [0.15, 0.2) is 5.69 Å². The molecule has 116 heavy (non-hydrogen) atoms. The first-order chi connectivity index (χ1) is 55.4. The molecule has 4 aromatic carbocycles. The number of alkyl halides is 9. The van der Waals surface area contributed by atoms with Gasteiger partial charge in [0.2, 0.25) is 23.8 Å². The van der Waals surface area contributed by atoms with Crippen LogP contribution in [0.3, 0.4) is 0 Å². The Hall–Kier alpha value is -10.7. The number of hydrogen-bond donors (Lipinski definition) is 6. The summed E-state index contributed by atoms with van der Waals surface area (Å²) in [5.41, 5.74) is 6.83. The zero-order valence-electron chi connectivity index (χ0n) is 64.3. The predicted molar refractivity (Wildman–Crippen MR) is 432 cm³/mol. The largest absolute Gasteiger partial charge is 0.497 e. The van der Waals surface area contributed by atoms with Crippen molar-refractivity contribution in [2.45, 2.75) is 77.1 Å². The number of rotatable bonds is 25. The molecular weight excluding hydrogens is 1620 g/mol. The monoisotopic (exact) mass is 1700 g/mol. The first-order valence-corrected chi connectivity index (χ1v) is 39.8. The number of aromatic nitrogens is 12. The van der Waals surface area contributed by atoms with Crippen LogP contribution in [-0.4, -0.2) is 163 Å². The van der Waals surface area contributed by atoms with Crippen LogP contribution in [0.5, 0.6) is 17.2 Å². The van der Waals surface area contributed by atoms with Gasteiger partial charge in [-0.2, -0.15) is 39.5 Å². The topological polar surface area (TPSA) is 302 Å². The third-order valence-electron chi connectivity index (χ3n) is 16.7. The zero-order chi connectivity index (χ0) is 83.4. The molecule has 1 aliphatic heterocycles. The van der Waals surface area contributed by atoms with Crippen molar-refractivity contribution in [3.05, 3.63) is 187 Å². The fourth-order valence-electron chi connectivity index (χ4n) is 11.0. The molecule has 0 amide bonds. The summed E-state index contributed by atoms with van der Waals surface area (Å²) in [5.74, 6) is 0.786. The predicted octanol–water partition coefficient (Wildman–Crippen LogP) is 17.8.